The van der Waals surface area contributed by atoms with Gasteiger partial charge in [0.1, 0.15) is 5.82 Å². The van der Waals surface area contributed by atoms with Crippen LogP contribution in [0.15, 0.2) is 6.07 Å². The SMILES string of the molecule is CCNc1nc(N2CCC(C(C)C)C2)cc(C(F)(F)F)n1. The van der Waals surface area contributed by atoms with Gasteiger partial charge in [-0.25, -0.2) is 4.98 Å². The van der Waals surface area contributed by atoms with Crippen molar-refractivity contribution in [2.45, 2.75) is 33.4 Å². The summed E-state index contributed by atoms with van der Waals surface area (Å²) in [6.45, 7) is 8.04. The van der Waals surface area contributed by atoms with Crippen LogP contribution < -0.4 is 10.2 Å². The van der Waals surface area contributed by atoms with Crippen LogP contribution in [0.1, 0.15) is 32.9 Å². The van der Waals surface area contributed by atoms with Gasteiger partial charge in [0.15, 0.2) is 5.69 Å². The molecule has 2 rings (SSSR count). The van der Waals surface area contributed by atoms with Crippen molar-refractivity contribution in [3.05, 3.63) is 11.8 Å². The number of nitrogens with one attached hydrogen (secondary N) is 1. The monoisotopic (exact) mass is 302 g/mol. The first-order valence-corrected chi connectivity index (χ1v) is 7.26. The van der Waals surface area contributed by atoms with Crippen LogP contribution in [0.3, 0.4) is 0 Å². The van der Waals surface area contributed by atoms with Gasteiger partial charge in [0.2, 0.25) is 5.95 Å². The minimum atomic E-state index is -4.46. The van der Waals surface area contributed by atoms with E-state index in [1.807, 2.05) is 4.90 Å². The first-order valence-electron chi connectivity index (χ1n) is 7.26. The van der Waals surface area contributed by atoms with Crippen molar-refractivity contribution in [3.8, 4) is 0 Å². The van der Waals surface area contributed by atoms with E-state index < -0.39 is 11.9 Å². The molecule has 1 aromatic rings. The predicted octanol–water partition coefficient (Wildman–Crippen LogP) is 3.41. The van der Waals surface area contributed by atoms with E-state index in [1.54, 1.807) is 6.92 Å². The average Bonchev–Trinajstić information content (AvgIpc) is 2.87. The average molecular weight is 302 g/mol. The van der Waals surface area contributed by atoms with Crippen molar-refractivity contribution in [2.24, 2.45) is 11.8 Å². The lowest BCUT2D eigenvalue weighted by Crippen LogP contribution is -2.24. The highest BCUT2D eigenvalue weighted by atomic mass is 19.4. The molecule has 21 heavy (non-hydrogen) atoms. The number of anilines is 2. The maximum absolute atomic E-state index is 12.9. The van der Waals surface area contributed by atoms with Gasteiger partial charge in [0.05, 0.1) is 0 Å². The molecule has 1 atom stereocenters. The van der Waals surface area contributed by atoms with Gasteiger partial charge in [-0.05, 0) is 25.2 Å². The minimum absolute atomic E-state index is 0.0373. The fraction of sp³-hybridized carbons (Fsp3) is 0.714. The summed E-state index contributed by atoms with van der Waals surface area (Å²) in [5.74, 6) is 1.41. The molecule has 0 aromatic carbocycles. The van der Waals surface area contributed by atoms with Crippen LogP contribution in [-0.4, -0.2) is 29.6 Å². The molecule has 0 saturated carbocycles. The molecule has 4 nitrogen and oxygen atoms in total. The number of alkyl halides is 3. The topological polar surface area (TPSA) is 41.1 Å². The molecule has 0 amide bonds. The zero-order valence-electron chi connectivity index (χ0n) is 12.5. The lowest BCUT2D eigenvalue weighted by atomic mass is 9.95. The smallest absolute Gasteiger partial charge is 0.356 e. The molecule has 0 bridgehead atoms. The standard InChI is InChI=1S/C14H21F3N4/c1-4-18-13-19-11(14(15,16)17)7-12(20-13)21-6-5-10(8-21)9(2)3/h7,9-10H,4-6,8H2,1-3H3,(H,18,19,20). The quantitative estimate of drug-likeness (QED) is 0.925. The number of rotatable bonds is 4. The van der Waals surface area contributed by atoms with Crippen LogP contribution in [0, 0.1) is 11.8 Å². The van der Waals surface area contributed by atoms with Crippen LogP contribution in [0.25, 0.3) is 0 Å². The Morgan fingerprint density at radius 1 is 1.38 bits per heavy atom. The maximum Gasteiger partial charge on any atom is 0.433 e. The summed E-state index contributed by atoms with van der Waals surface area (Å²) in [5, 5.41) is 2.77. The minimum Gasteiger partial charge on any atom is -0.356 e. The second kappa shape index (κ2) is 6.07. The largest absolute Gasteiger partial charge is 0.433 e. The van der Waals surface area contributed by atoms with Crippen LogP contribution in [-0.2, 0) is 6.18 Å². The summed E-state index contributed by atoms with van der Waals surface area (Å²) in [6.07, 6.45) is -3.47. The van der Waals surface area contributed by atoms with E-state index in [-0.39, 0.29) is 5.95 Å². The molecule has 0 aliphatic carbocycles. The molecule has 118 valence electrons. The van der Waals surface area contributed by atoms with Gasteiger partial charge in [-0.15, -0.1) is 0 Å². The van der Waals surface area contributed by atoms with E-state index in [0.29, 0.717) is 24.2 Å². The molecule has 7 heteroatoms. The highest BCUT2D eigenvalue weighted by Gasteiger charge is 2.35. The third-order valence-corrected chi connectivity index (χ3v) is 3.83. The lowest BCUT2D eigenvalue weighted by Gasteiger charge is -2.20. The summed E-state index contributed by atoms with van der Waals surface area (Å²) in [6, 6.07) is 1.05. The van der Waals surface area contributed by atoms with E-state index in [2.05, 4.69) is 29.1 Å². The third kappa shape index (κ3) is 3.77. The molecule has 2 heterocycles. The van der Waals surface area contributed by atoms with Crippen LogP contribution in [0.5, 0.6) is 0 Å². The molecule has 0 radical (unpaired) electrons. The Balaban J connectivity index is 2.28. The Morgan fingerprint density at radius 2 is 2.10 bits per heavy atom. The van der Waals surface area contributed by atoms with Crippen LogP contribution in [0.4, 0.5) is 24.9 Å². The molecule has 0 spiro atoms. The Morgan fingerprint density at radius 3 is 2.62 bits per heavy atom. The van der Waals surface area contributed by atoms with E-state index >= 15 is 0 Å². The predicted molar refractivity (Wildman–Crippen MR) is 76.4 cm³/mol. The van der Waals surface area contributed by atoms with Crippen LogP contribution >= 0.6 is 0 Å². The molecule has 1 fully saturated rings. The number of aromatic nitrogens is 2. The fourth-order valence-electron chi connectivity index (χ4n) is 2.52. The third-order valence-electron chi connectivity index (χ3n) is 3.83. The Hall–Kier alpha value is -1.53. The van der Waals surface area contributed by atoms with Crippen molar-refractivity contribution in [2.75, 3.05) is 29.9 Å². The van der Waals surface area contributed by atoms with Gasteiger partial charge in [0, 0.05) is 25.7 Å². The number of nitrogens with zero attached hydrogens (tertiary/aromatic N) is 3. The zero-order chi connectivity index (χ0) is 15.6. The van der Waals surface area contributed by atoms with Crippen molar-refractivity contribution < 1.29 is 13.2 Å². The molecule has 1 N–H and O–H groups in total. The summed E-state index contributed by atoms with van der Waals surface area (Å²) in [4.78, 5) is 9.68. The molecule has 1 aliphatic heterocycles. The highest BCUT2D eigenvalue weighted by molar-refractivity contribution is 5.46. The maximum atomic E-state index is 12.9. The van der Waals surface area contributed by atoms with Gasteiger partial charge in [-0.1, -0.05) is 13.8 Å². The first-order chi connectivity index (χ1) is 9.81. The summed E-state index contributed by atoms with van der Waals surface area (Å²) >= 11 is 0. The first kappa shape index (κ1) is 15.9. The molecular weight excluding hydrogens is 281 g/mol. The highest BCUT2D eigenvalue weighted by Crippen LogP contribution is 2.33. The second-order valence-corrected chi connectivity index (χ2v) is 5.70. The van der Waals surface area contributed by atoms with Gasteiger partial charge in [0.25, 0.3) is 0 Å². The number of hydrogen-bond donors (Lipinski definition) is 1. The zero-order valence-corrected chi connectivity index (χ0v) is 12.5. The summed E-state index contributed by atoms with van der Waals surface area (Å²) < 4.78 is 38.8. The van der Waals surface area contributed by atoms with Crippen molar-refractivity contribution in [3.63, 3.8) is 0 Å². The second-order valence-electron chi connectivity index (χ2n) is 5.70. The molecule has 1 aliphatic rings. The van der Waals surface area contributed by atoms with E-state index in [4.69, 9.17) is 0 Å². The Kier molecular flexibility index (Phi) is 4.58. The lowest BCUT2D eigenvalue weighted by molar-refractivity contribution is -0.141. The van der Waals surface area contributed by atoms with Crippen LogP contribution in [0.2, 0.25) is 0 Å². The van der Waals surface area contributed by atoms with Crippen molar-refractivity contribution in [1.82, 2.24) is 9.97 Å². The van der Waals surface area contributed by atoms with Crippen molar-refractivity contribution >= 4 is 11.8 Å². The van der Waals surface area contributed by atoms with E-state index in [9.17, 15) is 13.2 Å². The summed E-state index contributed by atoms with van der Waals surface area (Å²) in [7, 11) is 0. The van der Waals surface area contributed by atoms with Gasteiger partial charge >= 0.3 is 6.18 Å². The number of hydrogen-bond acceptors (Lipinski definition) is 4. The van der Waals surface area contributed by atoms with Crippen molar-refractivity contribution in [1.29, 1.82) is 0 Å². The van der Waals surface area contributed by atoms with E-state index in [0.717, 1.165) is 25.6 Å². The van der Waals surface area contributed by atoms with Gasteiger partial charge in [-0.2, -0.15) is 18.2 Å². The normalized spacial score (nSPS) is 19.4. The summed E-state index contributed by atoms with van der Waals surface area (Å²) in [5.41, 5.74) is -0.892. The Labute approximate surface area is 122 Å². The molecule has 1 saturated heterocycles. The Bertz CT molecular complexity index is 488. The molecule has 1 aromatic heterocycles. The van der Waals surface area contributed by atoms with Gasteiger partial charge in [-0.3, -0.25) is 0 Å². The molecular formula is C14H21F3N4. The van der Waals surface area contributed by atoms with E-state index in [1.165, 1.54) is 0 Å². The molecule has 1 unspecified atom stereocenters. The van der Waals surface area contributed by atoms with Gasteiger partial charge < -0.3 is 10.2 Å². The number of halogens is 3. The fourth-order valence-corrected chi connectivity index (χ4v) is 2.52.